The van der Waals surface area contributed by atoms with Crippen molar-refractivity contribution in [2.75, 3.05) is 11.5 Å². The zero-order valence-corrected chi connectivity index (χ0v) is 18.5. The lowest BCUT2D eigenvalue weighted by Gasteiger charge is -2.52. The smallest absolute Gasteiger partial charge is 0.0623 e. The Morgan fingerprint density at radius 1 is 0.533 bits per heavy atom. The standard InChI is InChI=1S/C28H24S2/c1-3-9-19-17(7-1)23-15-27(29-13-14-30-27)16-24-18-8-2-4-10-20(18)26-22-12-6-5-11-21(22)25(19)28(23,24)26/h1-12,23-26H,13-16H2/t23-,24-,25+,26+,28?/m0/s1. The lowest BCUT2D eigenvalue weighted by Crippen LogP contribution is -2.44. The highest BCUT2D eigenvalue weighted by Gasteiger charge is 2.72. The summed E-state index contributed by atoms with van der Waals surface area (Å²) in [5.74, 6) is 5.11. The number of benzene rings is 3. The lowest BCUT2D eigenvalue weighted by atomic mass is 9.55. The quantitative estimate of drug-likeness (QED) is 0.377. The Bertz CT molecular complexity index is 1120. The predicted molar refractivity (Wildman–Crippen MR) is 128 cm³/mol. The van der Waals surface area contributed by atoms with Crippen LogP contribution in [0.4, 0.5) is 0 Å². The van der Waals surface area contributed by atoms with Crippen LogP contribution in [0, 0.1) is 5.41 Å². The topological polar surface area (TPSA) is 0 Å². The fourth-order valence-electron chi connectivity index (χ4n) is 8.40. The van der Waals surface area contributed by atoms with Crippen LogP contribution in [0.2, 0.25) is 0 Å². The van der Waals surface area contributed by atoms with Crippen molar-refractivity contribution in [2.24, 2.45) is 5.41 Å². The van der Waals surface area contributed by atoms with Gasteiger partial charge < -0.3 is 0 Å². The molecule has 5 aliphatic rings. The third-order valence-corrected chi connectivity index (χ3v) is 12.5. The molecule has 30 heavy (non-hydrogen) atoms. The zero-order valence-electron chi connectivity index (χ0n) is 16.9. The van der Waals surface area contributed by atoms with Crippen molar-refractivity contribution in [2.45, 2.75) is 40.6 Å². The maximum Gasteiger partial charge on any atom is 0.0623 e. The van der Waals surface area contributed by atoms with Crippen LogP contribution < -0.4 is 0 Å². The van der Waals surface area contributed by atoms with E-state index >= 15 is 0 Å². The molecule has 8 rings (SSSR count). The van der Waals surface area contributed by atoms with E-state index in [0.29, 0.717) is 33.2 Å². The molecule has 148 valence electrons. The van der Waals surface area contributed by atoms with E-state index in [1.165, 1.54) is 24.3 Å². The molecule has 4 atom stereocenters. The molecule has 1 aliphatic heterocycles. The van der Waals surface area contributed by atoms with Gasteiger partial charge in [0.05, 0.1) is 4.08 Å². The third-order valence-electron chi connectivity index (χ3n) is 9.03. The molecule has 0 amide bonds. The molecule has 0 unspecified atom stereocenters. The minimum absolute atomic E-state index is 0.312. The molecule has 0 aromatic heterocycles. The van der Waals surface area contributed by atoms with E-state index in [1.807, 2.05) is 0 Å². The van der Waals surface area contributed by atoms with Gasteiger partial charge in [-0.2, -0.15) is 0 Å². The van der Waals surface area contributed by atoms with E-state index in [2.05, 4.69) is 96.3 Å². The van der Waals surface area contributed by atoms with Gasteiger partial charge in [-0.1, -0.05) is 72.8 Å². The second-order valence-electron chi connectivity index (χ2n) is 9.87. The van der Waals surface area contributed by atoms with Gasteiger partial charge >= 0.3 is 0 Å². The van der Waals surface area contributed by atoms with Gasteiger partial charge in [0.25, 0.3) is 0 Å². The molecular weight excluding hydrogens is 400 g/mol. The molecule has 1 saturated carbocycles. The minimum atomic E-state index is 0.312. The number of fused-ring (bicyclic) bond motifs is 9. The van der Waals surface area contributed by atoms with Gasteiger partial charge in [0.2, 0.25) is 0 Å². The minimum Gasteiger partial charge on any atom is -0.143 e. The molecule has 3 aromatic carbocycles. The Hall–Kier alpha value is -1.64. The molecule has 3 aromatic rings. The highest BCUT2D eigenvalue weighted by Crippen LogP contribution is 2.83. The van der Waals surface area contributed by atoms with Crippen LogP contribution in [-0.4, -0.2) is 15.6 Å². The van der Waals surface area contributed by atoms with Crippen LogP contribution in [0.5, 0.6) is 0 Å². The van der Waals surface area contributed by atoms with E-state index in [9.17, 15) is 0 Å². The Morgan fingerprint density at radius 2 is 0.900 bits per heavy atom. The van der Waals surface area contributed by atoms with Crippen molar-refractivity contribution in [1.29, 1.82) is 0 Å². The summed E-state index contributed by atoms with van der Waals surface area (Å²) in [6.07, 6.45) is 2.70. The molecule has 1 heterocycles. The summed E-state index contributed by atoms with van der Waals surface area (Å²) in [5.41, 5.74) is 10.2. The van der Waals surface area contributed by atoms with Crippen molar-refractivity contribution in [3.8, 4) is 0 Å². The maximum atomic E-state index is 2.48. The van der Waals surface area contributed by atoms with Crippen molar-refractivity contribution < 1.29 is 0 Å². The van der Waals surface area contributed by atoms with E-state index in [1.54, 1.807) is 33.4 Å². The van der Waals surface area contributed by atoms with Crippen LogP contribution in [0.15, 0.2) is 72.8 Å². The SMILES string of the molecule is c1ccc2c(c1)[C@H]1c3ccccc3[C@@H]3CC4(C[C@H]5c6ccccc6[C@H]2C135)SCCS4. The van der Waals surface area contributed by atoms with Crippen molar-refractivity contribution in [1.82, 2.24) is 0 Å². The summed E-state index contributed by atoms with van der Waals surface area (Å²) >= 11 is 4.56. The largest absolute Gasteiger partial charge is 0.143 e. The lowest BCUT2D eigenvalue weighted by molar-refractivity contribution is 0.123. The molecule has 0 N–H and O–H groups in total. The van der Waals surface area contributed by atoms with Gasteiger partial charge in [-0.15, -0.1) is 23.5 Å². The van der Waals surface area contributed by atoms with Crippen molar-refractivity contribution in [3.05, 3.63) is 106 Å². The molecule has 0 nitrogen and oxygen atoms in total. The first-order chi connectivity index (χ1) is 14.8. The zero-order chi connectivity index (χ0) is 19.5. The maximum absolute atomic E-state index is 2.48. The first-order valence-electron chi connectivity index (χ1n) is 11.4. The second-order valence-corrected chi connectivity index (χ2v) is 13.1. The van der Waals surface area contributed by atoms with Gasteiger partial charge in [-0.25, -0.2) is 0 Å². The first-order valence-corrected chi connectivity index (χ1v) is 13.3. The molecule has 1 saturated heterocycles. The molecule has 2 fully saturated rings. The number of hydrogen-bond donors (Lipinski definition) is 0. The van der Waals surface area contributed by atoms with Crippen LogP contribution >= 0.6 is 23.5 Å². The predicted octanol–water partition coefficient (Wildman–Crippen LogP) is 7.11. The average Bonchev–Trinajstić information content (AvgIpc) is 3.50. The fraction of sp³-hybridized carbons (Fsp3) is 0.357. The normalized spacial score (nSPS) is 35.6. The Morgan fingerprint density at radius 3 is 1.33 bits per heavy atom. The highest BCUT2D eigenvalue weighted by atomic mass is 32.2. The van der Waals surface area contributed by atoms with Gasteiger partial charge in [0.1, 0.15) is 0 Å². The van der Waals surface area contributed by atoms with E-state index in [-0.39, 0.29) is 0 Å². The molecular formula is C28H24S2. The monoisotopic (exact) mass is 424 g/mol. The average molecular weight is 425 g/mol. The number of thioether (sulfide) groups is 2. The summed E-state index contributed by atoms with van der Waals surface area (Å²) in [4.78, 5) is 0. The van der Waals surface area contributed by atoms with Gasteiger partial charge in [-0.05, 0) is 58.1 Å². The molecule has 2 heteroatoms. The van der Waals surface area contributed by atoms with E-state index < -0.39 is 0 Å². The molecule has 0 radical (unpaired) electrons. The van der Waals surface area contributed by atoms with E-state index in [4.69, 9.17) is 0 Å². The molecule has 2 spiro atoms. The summed E-state index contributed by atoms with van der Waals surface area (Å²) in [6, 6.07) is 28.5. The van der Waals surface area contributed by atoms with E-state index in [0.717, 1.165) is 0 Å². The summed E-state index contributed by atoms with van der Waals surface area (Å²) < 4.78 is 0.416. The number of hydrogen-bond acceptors (Lipinski definition) is 2. The Balaban J connectivity index is 1.49. The van der Waals surface area contributed by atoms with Gasteiger partial charge in [-0.3, -0.25) is 0 Å². The number of rotatable bonds is 0. The van der Waals surface area contributed by atoms with Crippen molar-refractivity contribution >= 4 is 23.5 Å². The Kier molecular flexibility index (Phi) is 3.16. The summed E-state index contributed by atoms with van der Waals surface area (Å²) in [6.45, 7) is 0. The fourth-order valence-corrected chi connectivity index (χ4v) is 11.8. The van der Waals surface area contributed by atoms with Crippen LogP contribution in [-0.2, 0) is 0 Å². The summed E-state index contributed by atoms with van der Waals surface area (Å²) in [5, 5.41) is 0. The molecule has 0 bridgehead atoms. The van der Waals surface area contributed by atoms with Crippen LogP contribution in [0.25, 0.3) is 0 Å². The van der Waals surface area contributed by atoms with Crippen LogP contribution in [0.3, 0.4) is 0 Å². The van der Waals surface area contributed by atoms with Gasteiger partial charge in [0, 0.05) is 28.8 Å². The highest BCUT2D eigenvalue weighted by molar-refractivity contribution is 8.21. The van der Waals surface area contributed by atoms with Crippen molar-refractivity contribution in [3.63, 3.8) is 0 Å². The third kappa shape index (κ3) is 1.75. The van der Waals surface area contributed by atoms with Crippen LogP contribution in [0.1, 0.15) is 69.9 Å². The second kappa shape index (κ2) is 5.58. The first kappa shape index (κ1) is 17.0. The molecule has 4 aliphatic carbocycles. The Labute approximate surface area is 186 Å². The van der Waals surface area contributed by atoms with Gasteiger partial charge in [0.15, 0.2) is 0 Å². The summed E-state index contributed by atoms with van der Waals surface area (Å²) in [7, 11) is 0.